The molecule has 0 bridgehead atoms. The number of hydrogen-bond acceptors (Lipinski definition) is 6. The number of phenols is 3. The molecule has 0 saturated heterocycles. The van der Waals surface area contributed by atoms with E-state index in [2.05, 4.69) is 0 Å². The van der Waals surface area contributed by atoms with Gasteiger partial charge in [-0.05, 0) is 91.1 Å². The van der Waals surface area contributed by atoms with Crippen LogP contribution in [0.25, 0.3) is 0 Å². The van der Waals surface area contributed by atoms with Crippen LogP contribution in [0.4, 0.5) is 0 Å². The van der Waals surface area contributed by atoms with E-state index in [0.717, 1.165) is 12.8 Å². The second kappa shape index (κ2) is 14.7. The molecule has 0 aliphatic carbocycles. The van der Waals surface area contributed by atoms with E-state index in [1.807, 2.05) is 13.8 Å². The van der Waals surface area contributed by atoms with E-state index >= 15 is 0 Å². The van der Waals surface area contributed by atoms with Gasteiger partial charge in [-0.2, -0.15) is 0 Å². The molecule has 3 aromatic carbocycles. The predicted molar refractivity (Wildman–Crippen MR) is 133 cm³/mol. The summed E-state index contributed by atoms with van der Waals surface area (Å²) in [4.78, 5) is 31.7. The first-order valence-corrected chi connectivity index (χ1v) is 11.1. The summed E-state index contributed by atoms with van der Waals surface area (Å²) in [6.45, 7) is 3.89. The van der Waals surface area contributed by atoms with Crippen LogP contribution in [-0.2, 0) is 12.8 Å². The molecule has 9 nitrogen and oxygen atoms in total. The predicted octanol–water partition coefficient (Wildman–Crippen LogP) is 5.18. The van der Waals surface area contributed by atoms with Crippen LogP contribution in [0.1, 0.15) is 68.9 Å². The molecule has 9 heteroatoms. The highest BCUT2D eigenvalue weighted by Crippen LogP contribution is 2.19. The van der Waals surface area contributed by atoms with Gasteiger partial charge in [-0.25, -0.2) is 14.4 Å². The lowest BCUT2D eigenvalue weighted by atomic mass is 10.0. The molecule has 192 valence electrons. The third-order valence-electron chi connectivity index (χ3n) is 4.93. The average Bonchev–Trinajstić information content (AvgIpc) is 2.83. The zero-order valence-corrected chi connectivity index (χ0v) is 20.0. The molecular formula is C27H30O9. The molecule has 36 heavy (non-hydrogen) atoms. The molecule has 0 fully saturated rings. The van der Waals surface area contributed by atoms with Crippen LogP contribution in [-0.4, -0.2) is 48.5 Å². The number of carboxylic acids is 3. The highest BCUT2D eigenvalue weighted by Gasteiger charge is 2.10. The molecule has 0 radical (unpaired) electrons. The molecule has 0 amide bonds. The van der Waals surface area contributed by atoms with E-state index in [-0.39, 0.29) is 33.9 Å². The minimum absolute atomic E-state index is 0.0741. The Hall–Kier alpha value is -4.53. The minimum atomic E-state index is -0.986. The van der Waals surface area contributed by atoms with Crippen LogP contribution in [0.5, 0.6) is 17.2 Å². The number of aryl methyl sites for hydroxylation is 2. The number of aromatic hydroxyl groups is 3. The minimum Gasteiger partial charge on any atom is -0.508 e. The average molecular weight is 499 g/mol. The first kappa shape index (κ1) is 29.5. The maximum Gasteiger partial charge on any atom is 0.335 e. The maximum atomic E-state index is 10.8. The quantitative estimate of drug-likeness (QED) is 0.257. The number of unbranched alkanes of at least 4 members (excludes halogenated alkanes) is 1. The zero-order valence-electron chi connectivity index (χ0n) is 20.0. The standard InChI is InChI=1S/C11H14O3.C9H10O3.C7H6O3/c1-2-3-4-8-7-9(12)5-6-10(8)11(13)14;1-2-6-5-7(10)3-4-8(6)9(11)12;8-6-3-1-5(2-4-6)7(9)10/h5-7,12H,2-4H2,1H3,(H,13,14);3-5,10H,2H2,1H3,(H,11,12);1-4,8H,(H,9,10). The van der Waals surface area contributed by atoms with Crippen LogP contribution < -0.4 is 0 Å². The van der Waals surface area contributed by atoms with Crippen LogP contribution in [0.3, 0.4) is 0 Å². The fourth-order valence-corrected chi connectivity index (χ4v) is 3.05. The van der Waals surface area contributed by atoms with Crippen molar-refractivity contribution in [2.75, 3.05) is 0 Å². The molecule has 0 aliphatic rings. The molecule has 0 atom stereocenters. The third-order valence-corrected chi connectivity index (χ3v) is 4.93. The van der Waals surface area contributed by atoms with Gasteiger partial charge in [-0.3, -0.25) is 0 Å². The van der Waals surface area contributed by atoms with Crippen molar-refractivity contribution in [2.24, 2.45) is 0 Å². The summed E-state index contributed by atoms with van der Waals surface area (Å²) >= 11 is 0. The van der Waals surface area contributed by atoms with Crippen molar-refractivity contribution in [2.45, 2.75) is 39.5 Å². The third kappa shape index (κ3) is 9.76. The molecule has 0 unspecified atom stereocenters. The maximum absolute atomic E-state index is 10.8. The van der Waals surface area contributed by atoms with Crippen molar-refractivity contribution < 1.29 is 45.0 Å². The second-order valence-corrected chi connectivity index (χ2v) is 7.60. The highest BCUT2D eigenvalue weighted by molar-refractivity contribution is 5.90. The molecule has 0 heterocycles. The Morgan fingerprint density at radius 3 is 1.47 bits per heavy atom. The SMILES string of the molecule is CCCCc1cc(O)ccc1C(=O)O.CCc1cc(O)ccc1C(=O)O.O=C(O)c1ccc(O)cc1. The van der Waals surface area contributed by atoms with E-state index in [4.69, 9.17) is 25.5 Å². The molecule has 3 rings (SSSR count). The van der Waals surface area contributed by atoms with E-state index in [1.165, 1.54) is 60.7 Å². The van der Waals surface area contributed by atoms with Gasteiger partial charge in [0, 0.05) is 0 Å². The van der Waals surface area contributed by atoms with Crippen LogP contribution >= 0.6 is 0 Å². The summed E-state index contributed by atoms with van der Waals surface area (Å²) in [5.41, 5.74) is 2.09. The molecule has 0 aromatic heterocycles. The molecule has 0 aliphatic heterocycles. The fraction of sp³-hybridized carbons (Fsp3) is 0.222. The van der Waals surface area contributed by atoms with Gasteiger partial charge in [0.05, 0.1) is 16.7 Å². The highest BCUT2D eigenvalue weighted by atomic mass is 16.4. The molecule has 0 spiro atoms. The van der Waals surface area contributed by atoms with E-state index in [0.29, 0.717) is 24.0 Å². The van der Waals surface area contributed by atoms with Crippen molar-refractivity contribution in [3.8, 4) is 17.2 Å². The summed E-state index contributed by atoms with van der Waals surface area (Å²) in [6, 6.07) is 14.0. The number of carboxylic acid groups (broad SMARTS) is 3. The van der Waals surface area contributed by atoms with Gasteiger partial charge in [0.2, 0.25) is 0 Å². The van der Waals surface area contributed by atoms with Crippen LogP contribution in [0.2, 0.25) is 0 Å². The lowest BCUT2D eigenvalue weighted by Gasteiger charge is -2.05. The second-order valence-electron chi connectivity index (χ2n) is 7.60. The van der Waals surface area contributed by atoms with Gasteiger partial charge in [0.15, 0.2) is 0 Å². The Bertz CT molecular complexity index is 1170. The molecule has 6 N–H and O–H groups in total. The van der Waals surface area contributed by atoms with E-state index in [1.54, 1.807) is 0 Å². The summed E-state index contributed by atoms with van der Waals surface area (Å²) < 4.78 is 0. The largest absolute Gasteiger partial charge is 0.508 e. The Morgan fingerprint density at radius 1 is 0.611 bits per heavy atom. The molecular weight excluding hydrogens is 468 g/mol. The summed E-state index contributed by atoms with van der Waals surface area (Å²) in [5.74, 6) is -2.56. The lowest BCUT2D eigenvalue weighted by Crippen LogP contribution is -2.02. The van der Waals surface area contributed by atoms with Crippen molar-refractivity contribution in [1.29, 1.82) is 0 Å². The van der Waals surface area contributed by atoms with E-state index in [9.17, 15) is 19.5 Å². The lowest BCUT2D eigenvalue weighted by molar-refractivity contribution is 0.0684. The number of hydrogen-bond donors (Lipinski definition) is 6. The normalized spacial score (nSPS) is 9.72. The number of carbonyl (C=O) groups is 3. The van der Waals surface area contributed by atoms with Crippen molar-refractivity contribution in [3.05, 3.63) is 88.5 Å². The fourth-order valence-electron chi connectivity index (χ4n) is 3.05. The number of aromatic carboxylic acids is 3. The van der Waals surface area contributed by atoms with Crippen molar-refractivity contribution in [1.82, 2.24) is 0 Å². The van der Waals surface area contributed by atoms with Crippen molar-refractivity contribution >= 4 is 17.9 Å². The van der Waals surface area contributed by atoms with Crippen molar-refractivity contribution in [3.63, 3.8) is 0 Å². The van der Waals surface area contributed by atoms with Gasteiger partial charge in [-0.1, -0.05) is 20.3 Å². The first-order valence-electron chi connectivity index (χ1n) is 11.1. The van der Waals surface area contributed by atoms with Crippen LogP contribution in [0.15, 0.2) is 60.7 Å². The smallest absolute Gasteiger partial charge is 0.335 e. The Morgan fingerprint density at radius 2 is 1.06 bits per heavy atom. The van der Waals surface area contributed by atoms with Gasteiger partial charge >= 0.3 is 17.9 Å². The Balaban J connectivity index is 0.000000274. The summed E-state index contributed by atoms with van der Waals surface area (Å²) in [6.07, 6.45) is 3.25. The number of rotatable bonds is 7. The summed E-state index contributed by atoms with van der Waals surface area (Å²) in [5, 5.41) is 53.0. The van der Waals surface area contributed by atoms with Gasteiger partial charge in [-0.15, -0.1) is 0 Å². The van der Waals surface area contributed by atoms with Gasteiger partial charge in [0.25, 0.3) is 0 Å². The molecule has 3 aromatic rings. The zero-order chi connectivity index (χ0) is 27.3. The Kier molecular flexibility index (Phi) is 12.0. The number of phenolic OH excluding ortho intramolecular Hbond substituents is 3. The summed E-state index contributed by atoms with van der Waals surface area (Å²) in [7, 11) is 0. The first-order chi connectivity index (χ1) is 17.0. The monoisotopic (exact) mass is 498 g/mol. The van der Waals surface area contributed by atoms with E-state index < -0.39 is 17.9 Å². The van der Waals surface area contributed by atoms with Crippen LogP contribution in [0, 0.1) is 0 Å². The van der Waals surface area contributed by atoms with Gasteiger partial charge < -0.3 is 30.6 Å². The Labute approximate surface area is 208 Å². The molecule has 0 saturated carbocycles. The number of benzene rings is 3. The van der Waals surface area contributed by atoms with Gasteiger partial charge in [0.1, 0.15) is 17.2 Å². The topological polar surface area (TPSA) is 173 Å².